The van der Waals surface area contributed by atoms with Crippen LogP contribution in [0.15, 0.2) is 46.9 Å². The highest BCUT2D eigenvalue weighted by molar-refractivity contribution is 9.10. The van der Waals surface area contributed by atoms with Crippen molar-refractivity contribution in [2.75, 3.05) is 13.7 Å². The van der Waals surface area contributed by atoms with E-state index in [-0.39, 0.29) is 12.4 Å². The molecule has 2 aromatic rings. The molecule has 2 aromatic carbocycles. The summed E-state index contributed by atoms with van der Waals surface area (Å²) >= 11 is 3.34. The number of carbonyl (C=O) groups excluding carboxylic acids is 1. The minimum atomic E-state index is -0.136. The number of rotatable bonds is 5. The van der Waals surface area contributed by atoms with E-state index in [2.05, 4.69) is 15.9 Å². The van der Waals surface area contributed by atoms with Gasteiger partial charge in [-0.3, -0.25) is 4.79 Å². The Morgan fingerprint density at radius 3 is 2.52 bits per heavy atom. The molecular formula is C16H12BrNO3. The smallest absolute Gasteiger partial charge is 0.200 e. The van der Waals surface area contributed by atoms with E-state index < -0.39 is 0 Å². The van der Waals surface area contributed by atoms with Gasteiger partial charge in [0.25, 0.3) is 0 Å². The first-order chi connectivity index (χ1) is 10.1. The van der Waals surface area contributed by atoms with E-state index in [1.807, 2.05) is 6.07 Å². The van der Waals surface area contributed by atoms with Crippen LogP contribution in [0.5, 0.6) is 11.5 Å². The van der Waals surface area contributed by atoms with Crippen LogP contribution in [-0.4, -0.2) is 19.5 Å². The lowest BCUT2D eigenvalue weighted by Gasteiger charge is -2.07. The van der Waals surface area contributed by atoms with Crippen molar-refractivity contribution in [3.63, 3.8) is 0 Å². The predicted molar refractivity (Wildman–Crippen MR) is 81.7 cm³/mol. The maximum atomic E-state index is 12.1. The second-order valence-electron chi connectivity index (χ2n) is 4.20. The Labute approximate surface area is 131 Å². The molecule has 106 valence electrons. The van der Waals surface area contributed by atoms with Gasteiger partial charge in [-0.15, -0.1) is 0 Å². The minimum absolute atomic E-state index is 0.0648. The van der Waals surface area contributed by atoms with Crippen molar-refractivity contribution in [2.45, 2.75) is 0 Å². The summed E-state index contributed by atoms with van der Waals surface area (Å²) in [6.45, 7) is -0.0648. The van der Waals surface area contributed by atoms with Crippen LogP contribution < -0.4 is 9.47 Å². The average molecular weight is 346 g/mol. The molecule has 0 aliphatic rings. The molecule has 0 atom stereocenters. The molecular weight excluding hydrogens is 334 g/mol. The lowest BCUT2D eigenvalue weighted by Crippen LogP contribution is -2.11. The summed E-state index contributed by atoms with van der Waals surface area (Å²) in [6, 6.07) is 13.7. The molecule has 0 radical (unpaired) electrons. The molecule has 0 amide bonds. The van der Waals surface area contributed by atoms with Crippen molar-refractivity contribution in [1.82, 2.24) is 0 Å². The van der Waals surface area contributed by atoms with E-state index in [0.717, 1.165) is 0 Å². The fraction of sp³-hybridized carbons (Fsp3) is 0.125. The molecule has 0 heterocycles. The van der Waals surface area contributed by atoms with Crippen LogP contribution in [-0.2, 0) is 0 Å². The SMILES string of the molecule is COc1ccc(C(=O)COc2ccc(C#N)cc2)cc1Br. The van der Waals surface area contributed by atoms with E-state index in [1.54, 1.807) is 49.6 Å². The Bertz CT molecular complexity index is 690. The summed E-state index contributed by atoms with van der Waals surface area (Å²) in [5.74, 6) is 1.08. The minimum Gasteiger partial charge on any atom is -0.496 e. The summed E-state index contributed by atoms with van der Waals surface area (Å²) in [5, 5.41) is 8.70. The third-order valence-corrected chi connectivity index (χ3v) is 3.45. The van der Waals surface area contributed by atoms with Crippen molar-refractivity contribution in [3.8, 4) is 17.6 Å². The first kappa shape index (κ1) is 15.1. The van der Waals surface area contributed by atoms with Gasteiger partial charge < -0.3 is 9.47 Å². The standard InChI is InChI=1S/C16H12BrNO3/c1-20-16-7-4-12(8-14(16)17)15(19)10-21-13-5-2-11(9-18)3-6-13/h2-8H,10H2,1H3. The summed E-state index contributed by atoms with van der Waals surface area (Å²) in [7, 11) is 1.57. The molecule has 0 aliphatic carbocycles. The highest BCUT2D eigenvalue weighted by Crippen LogP contribution is 2.25. The molecule has 0 aliphatic heterocycles. The van der Waals surface area contributed by atoms with E-state index in [0.29, 0.717) is 27.1 Å². The number of ether oxygens (including phenoxy) is 2. The predicted octanol–water partition coefficient (Wildman–Crippen LogP) is 3.59. The molecule has 4 nitrogen and oxygen atoms in total. The summed E-state index contributed by atoms with van der Waals surface area (Å²) in [5.41, 5.74) is 1.09. The van der Waals surface area contributed by atoms with Gasteiger partial charge in [0.2, 0.25) is 0 Å². The first-order valence-corrected chi connectivity index (χ1v) is 6.93. The Morgan fingerprint density at radius 2 is 1.95 bits per heavy atom. The maximum Gasteiger partial charge on any atom is 0.200 e. The van der Waals surface area contributed by atoms with E-state index in [4.69, 9.17) is 14.7 Å². The first-order valence-electron chi connectivity index (χ1n) is 6.13. The molecule has 21 heavy (non-hydrogen) atoms. The number of benzene rings is 2. The van der Waals surface area contributed by atoms with Crippen molar-refractivity contribution in [2.24, 2.45) is 0 Å². The zero-order chi connectivity index (χ0) is 15.2. The van der Waals surface area contributed by atoms with Crippen LogP contribution in [0.3, 0.4) is 0 Å². The number of carbonyl (C=O) groups is 1. The maximum absolute atomic E-state index is 12.1. The molecule has 2 rings (SSSR count). The van der Waals surface area contributed by atoms with Crippen molar-refractivity contribution in [1.29, 1.82) is 5.26 Å². The van der Waals surface area contributed by atoms with E-state index >= 15 is 0 Å². The fourth-order valence-electron chi connectivity index (χ4n) is 1.70. The highest BCUT2D eigenvalue weighted by Gasteiger charge is 2.10. The lowest BCUT2D eigenvalue weighted by molar-refractivity contribution is 0.0921. The summed E-state index contributed by atoms with van der Waals surface area (Å²) < 4.78 is 11.2. The number of halogens is 1. The van der Waals surface area contributed by atoms with E-state index in [1.165, 1.54) is 0 Å². The van der Waals surface area contributed by atoms with Gasteiger partial charge >= 0.3 is 0 Å². The van der Waals surface area contributed by atoms with Gasteiger partial charge in [-0.1, -0.05) is 0 Å². The van der Waals surface area contributed by atoms with Gasteiger partial charge in [-0.05, 0) is 58.4 Å². The van der Waals surface area contributed by atoms with Gasteiger partial charge in [-0.2, -0.15) is 5.26 Å². The number of ketones is 1. The molecule has 5 heteroatoms. The monoisotopic (exact) mass is 345 g/mol. The third kappa shape index (κ3) is 3.83. The van der Waals surface area contributed by atoms with Crippen LogP contribution in [0.2, 0.25) is 0 Å². The lowest BCUT2D eigenvalue weighted by atomic mass is 10.1. The molecule has 0 aromatic heterocycles. The van der Waals surface area contributed by atoms with Crippen LogP contribution in [0.25, 0.3) is 0 Å². The van der Waals surface area contributed by atoms with Gasteiger partial charge in [-0.25, -0.2) is 0 Å². The second kappa shape index (κ2) is 6.91. The van der Waals surface area contributed by atoms with Gasteiger partial charge in [0, 0.05) is 5.56 Å². The second-order valence-corrected chi connectivity index (χ2v) is 5.05. The van der Waals surface area contributed by atoms with Gasteiger partial charge in [0.1, 0.15) is 11.5 Å². The van der Waals surface area contributed by atoms with Gasteiger partial charge in [0.15, 0.2) is 12.4 Å². The molecule has 0 saturated heterocycles. The van der Waals surface area contributed by atoms with Crippen molar-refractivity contribution >= 4 is 21.7 Å². The topological polar surface area (TPSA) is 59.3 Å². The van der Waals surface area contributed by atoms with Crippen LogP contribution >= 0.6 is 15.9 Å². The number of nitriles is 1. The summed E-state index contributed by atoms with van der Waals surface area (Å²) in [4.78, 5) is 12.1. The van der Waals surface area contributed by atoms with Crippen LogP contribution in [0, 0.1) is 11.3 Å². The van der Waals surface area contributed by atoms with Crippen LogP contribution in [0.4, 0.5) is 0 Å². The number of nitrogens with zero attached hydrogens (tertiary/aromatic N) is 1. The molecule has 0 unspecified atom stereocenters. The van der Waals surface area contributed by atoms with Crippen molar-refractivity contribution in [3.05, 3.63) is 58.1 Å². The average Bonchev–Trinajstić information content (AvgIpc) is 2.53. The number of methoxy groups -OCH3 is 1. The number of Topliss-reactive ketones (excluding diaryl/α,β-unsaturated/α-hetero) is 1. The Hall–Kier alpha value is -2.32. The fourth-order valence-corrected chi connectivity index (χ4v) is 2.24. The number of hydrogen-bond donors (Lipinski definition) is 0. The third-order valence-electron chi connectivity index (χ3n) is 2.83. The Kier molecular flexibility index (Phi) is 4.96. The number of hydrogen-bond acceptors (Lipinski definition) is 4. The van der Waals surface area contributed by atoms with Crippen molar-refractivity contribution < 1.29 is 14.3 Å². The summed E-state index contributed by atoms with van der Waals surface area (Å²) in [6.07, 6.45) is 0. The molecule has 0 bridgehead atoms. The Balaban J connectivity index is 2.01. The molecule has 0 N–H and O–H groups in total. The molecule has 0 fully saturated rings. The van der Waals surface area contributed by atoms with Gasteiger partial charge in [0.05, 0.1) is 23.2 Å². The molecule has 0 saturated carbocycles. The molecule has 0 spiro atoms. The zero-order valence-corrected chi connectivity index (χ0v) is 12.9. The quantitative estimate of drug-likeness (QED) is 0.777. The Morgan fingerprint density at radius 1 is 1.24 bits per heavy atom. The normalized spacial score (nSPS) is 9.76. The van der Waals surface area contributed by atoms with E-state index in [9.17, 15) is 4.79 Å². The zero-order valence-electron chi connectivity index (χ0n) is 11.3. The highest BCUT2D eigenvalue weighted by atomic mass is 79.9. The largest absolute Gasteiger partial charge is 0.496 e. The van der Waals surface area contributed by atoms with Crippen LogP contribution in [0.1, 0.15) is 15.9 Å².